The lowest BCUT2D eigenvalue weighted by Gasteiger charge is -2.24. The largest absolute Gasteiger partial charge is 0.492 e. The van der Waals surface area contributed by atoms with Gasteiger partial charge < -0.3 is 9.47 Å². The Bertz CT molecular complexity index is 716. The van der Waals surface area contributed by atoms with Gasteiger partial charge in [0, 0.05) is 0 Å². The third-order valence-corrected chi connectivity index (χ3v) is 4.22. The number of carbonyl (C=O) groups excluding carboxylic acids is 1. The van der Waals surface area contributed by atoms with Crippen LogP contribution in [0.25, 0.3) is 0 Å². The topological polar surface area (TPSA) is 78.3 Å². The Morgan fingerprint density at radius 3 is 3.05 bits per heavy atom. The number of nitrogens with one attached hydrogen (secondary N) is 1. The second-order valence-corrected chi connectivity index (χ2v) is 5.93. The van der Waals surface area contributed by atoms with E-state index in [1.54, 1.807) is 11.8 Å². The second-order valence-electron chi connectivity index (χ2n) is 4.76. The van der Waals surface area contributed by atoms with Crippen LogP contribution in [0.5, 0.6) is 11.5 Å². The van der Waals surface area contributed by atoms with Crippen molar-refractivity contribution in [1.82, 2.24) is 14.8 Å². The first kappa shape index (κ1) is 15.1. The minimum Gasteiger partial charge on any atom is -0.492 e. The Hall–Kier alpha value is -1.84. The zero-order chi connectivity index (χ0) is 15.7. The first-order chi connectivity index (χ1) is 10.6. The third kappa shape index (κ3) is 2.62. The van der Waals surface area contributed by atoms with E-state index in [0.29, 0.717) is 30.5 Å². The summed E-state index contributed by atoms with van der Waals surface area (Å²) in [5, 5.41) is 6.92. The van der Waals surface area contributed by atoms with Gasteiger partial charge in [0.15, 0.2) is 11.5 Å². The fourth-order valence-corrected chi connectivity index (χ4v) is 3.35. The molecule has 7 nitrogen and oxygen atoms in total. The molecule has 1 N–H and O–H groups in total. The normalized spacial score (nSPS) is 16.9. The fourth-order valence-electron chi connectivity index (χ4n) is 2.51. The molecule has 116 valence electrons. The molecule has 22 heavy (non-hydrogen) atoms. The Balaban J connectivity index is 2.07. The molecular weight excluding hydrogens is 399 g/mol. The number of rotatable bonds is 4. The van der Waals surface area contributed by atoms with E-state index >= 15 is 0 Å². The van der Waals surface area contributed by atoms with Crippen molar-refractivity contribution in [3.8, 4) is 11.5 Å². The molecule has 0 unspecified atom stereocenters. The predicted octanol–water partition coefficient (Wildman–Crippen LogP) is 2.22. The third-order valence-electron chi connectivity index (χ3n) is 3.42. The molecule has 1 atom stereocenters. The van der Waals surface area contributed by atoms with E-state index in [2.05, 4.69) is 38.0 Å². The molecule has 1 aliphatic heterocycles. The van der Waals surface area contributed by atoms with Crippen LogP contribution >= 0.6 is 22.6 Å². The number of fused-ring (bicyclic) bond motifs is 1. The predicted molar refractivity (Wildman–Crippen MR) is 88.3 cm³/mol. The maximum Gasteiger partial charge on any atom is 0.229 e. The first-order valence-corrected chi connectivity index (χ1v) is 7.91. The van der Waals surface area contributed by atoms with Crippen LogP contribution in [-0.2, 0) is 4.79 Å². The molecule has 0 saturated carbocycles. The number of anilines is 1. The van der Waals surface area contributed by atoms with Crippen molar-refractivity contribution in [2.45, 2.75) is 19.4 Å². The summed E-state index contributed by atoms with van der Waals surface area (Å²) in [6, 6.07) is 3.68. The standard InChI is InChI=1S/C14H15IN4O3/c1-3-22-11-5-8(4-9(15)13(11)21-2)10-6-12(20)18-14-16-7-17-19(10)14/h4-5,7,10H,3,6H2,1-2H3,(H,16,17,18,20)/t10-/m0/s1. The molecule has 1 aliphatic rings. The van der Waals surface area contributed by atoms with Gasteiger partial charge in [0.1, 0.15) is 6.33 Å². The number of amides is 1. The van der Waals surface area contributed by atoms with Crippen LogP contribution in [0.2, 0.25) is 0 Å². The van der Waals surface area contributed by atoms with Crippen molar-refractivity contribution in [1.29, 1.82) is 0 Å². The Kier molecular flexibility index (Phi) is 4.19. The van der Waals surface area contributed by atoms with Gasteiger partial charge in [-0.25, -0.2) is 4.68 Å². The summed E-state index contributed by atoms with van der Waals surface area (Å²) in [5.41, 5.74) is 0.940. The minimum absolute atomic E-state index is 0.0747. The van der Waals surface area contributed by atoms with Crippen molar-refractivity contribution in [2.24, 2.45) is 0 Å². The van der Waals surface area contributed by atoms with Gasteiger partial charge in [-0.15, -0.1) is 0 Å². The van der Waals surface area contributed by atoms with Gasteiger partial charge in [0.2, 0.25) is 11.9 Å². The fraction of sp³-hybridized carbons (Fsp3) is 0.357. The number of carbonyl (C=O) groups is 1. The van der Waals surface area contributed by atoms with Gasteiger partial charge in [0.05, 0.1) is 29.7 Å². The zero-order valence-electron chi connectivity index (χ0n) is 12.2. The molecule has 0 saturated heterocycles. The maximum atomic E-state index is 11.9. The van der Waals surface area contributed by atoms with Crippen LogP contribution in [0, 0.1) is 3.57 Å². The molecule has 2 heterocycles. The van der Waals surface area contributed by atoms with E-state index < -0.39 is 0 Å². The van der Waals surface area contributed by atoms with Gasteiger partial charge in [-0.3, -0.25) is 10.1 Å². The highest BCUT2D eigenvalue weighted by atomic mass is 127. The van der Waals surface area contributed by atoms with Crippen LogP contribution in [0.15, 0.2) is 18.5 Å². The van der Waals surface area contributed by atoms with Crippen molar-refractivity contribution >= 4 is 34.4 Å². The molecule has 0 fully saturated rings. The zero-order valence-corrected chi connectivity index (χ0v) is 14.3. The van der Waals surface area contributed by atoms with Crippen LogP contribution in [0.4, 0.5) is 5.95 Å². The Labute approximate surface area is 141 Å². The molecular formula is C14H15IN4O3. The summed E-state index contributed by atoms with van der Waals surface area (Å²) in [6.45, 7) is 2.46. The number of methoxy groups -OCH3 is 1. The molecule has 0 radical (unpaired) electrons. The summed E-state index contributed by atoms with van der Waals surface area (Å²) in [4.78, 5) is 15.9. The lowest BCUT2D eigenvalue weighted by molar-refractivity contribution is -0.117. The lowest BCUT2D eigenvalue weighted by Crippen LogP contribution is -2.29. The van der Waals surface area contributed by atoms with E-state index in [4.69, 9.17) is 9.47 Å². The second kappa shape index (κ2) is 6.11. The minimum atomic E-state index is -0.204. The lowest BCUT2D eigenvalue weighted by atomic mass is 10.0. The van der Waals surface area contributed by atoms with Crippen molar-refractivity contribution in [2.75, 3.05) is 19.0 Å². The Morgan fingerprint density at radius 1 is 1.50 bits per heavy atom. The van der Waals surface area contributed by atoms with E-state index in [9.17, 15) is 4.79 Å². The number of benzene rings is 1. The summed E-state index contributed by atoms with van der Waals surface area (Å²) in [6.07, 6.45) is 1.75. The van der Waals surface area contributed by atoms with Gasteiger partial charge in [-0.05, 0) is 47.2 Å². The molecule has 1 aromatic carbocycles. The molecule has 1 aromatic heterocycles. The van der Waals surface area contributed by atoms with Gasteiger partial charge in [0.25, 0.3) is 0 Å². The monoisotopic (exact) mass is 414 g/mol. The molecule has 0 spiro atoms. The number of hydrogen-bond donors (Lipinski definition) is 1. The van der Waals surface area contributed by atoms with E-state index in [0.717, 1.165) is 9.13 Å². The van der Waals surface area contributed by atoms with Crippen LogP contribution in [0.1, 0.15) is 24.9 Å². The molecule has 0 bridgehead atoms. The number of nitrogens with zero attached hydrogens (tertiary/aromatic N) is 3. The molecule has 1 amide bonds. The SMILES string of the molecule is CCOc1cc([C@@H]2CC(=O)Nc3ncnn32)cc(I)c1OC. The quantitative estimate of drug-likeness (QED) is 0.777. The molecule has 3 rings (SSSR count). The van der Waals surface area contributed by atoms with Crippen LogP contribution < -0.4 is 14.8 Å². The number of aromatic nitrogens is 3. The van der Waals surface area contributed by atoms with Gasteiger partial charge >= 0.3 is 0 Å². The highest BCUT2D eigenvalue weighted by Gasteiger charge is 2.29. The average Bonchev–Trinajstić information content (AvgIpc) is 2.94. The molecule has 2 aromatic rings. The average molecular weight is 414 g/mol. The van der Waals surface area contributed by atoms with Crippen molar-refractivity contribution < 1.29 is 14.3 Å². The maximum absolute atomic E-state index is 11.9. The first-order valence-electron chi connectivity index (χ1n) is 6.83. The summed E-state index contributed by atoms with van der Waals surface area (Å²) >= 11 is 2.20. The smallest absolute Gasteiger partial charge is 0.229 e. The number of hydrogen-bond acceptors (Lipinski definition) is 5. The van der Waals surface area contributed by atoms with Crippen LogP contribution in [-0.4, -0.2) is 34.4 Å². The number of ether oxygens (including phenoxy) is 2. The van der Waals surface area contributed by atoms with E-state index in [1.807, 2.05) is 19.1 Å². The summed E-state index contributed by atoms with van der Waals surface area (Å²) in [7, 11) is 1.61. The van der Waals surface area contributed by atoms with Crippen LogP contribution in [0.3, 0.4) is 0 Å². The highest BCUT2D eigenvalue weighted by molar-refractivity contribution is 14.1. The van der Waals surface area contributed by atoms with E-state index in [1.165, 1.54) is 6.33 Å². The molecule has 8 heteroatoms. The summed E-state index contributed by atoms with van der Waals surface area (Å²) in [5.74, 6) is 1.75. The van der Waals surface area contributed by atoms with Crippen molar-refractivity contribution in [3.63, 3.8) is 0 Å². The van der Waals surface area contributed by atoms with Gasteiger partial charge in [-0.1, -0.05) is 0 Å². The van der Waals surface area contributed by atoms with E-state index in [-0.39, 0.29) is 11.9 Å². The number of halogens is 1. The summed E-state index contributed by atoms with van der Waals surface area (Å²) < 4.78 is 13.7. The van der Waals surface area contributed by atoms with Gasteiger partial charge in [-0.2, -0.15) is 10.1 Å². The highest BCUT2D eigenvalue weighted by Crippen LogP contribution is 2.38. The molecule has 0 aliphatic carbocycles. The van der Waals surface area contributed by atoms with Crippen molar-refractivity contribution in [3.05, 3.63) is 27.6 Å². The Morgan fingerprint density at radius 2 is 2.32 bits per heavy atom.